The zero-order valence-corrected chi connectivity index (χ0v) is 23.7. The Labute approximate surface area is 246 Å². The van der Waals surface area contributed by atoms with Crippen molar-refractivity contribution in [1.82, 2.24) is 4.90 Å². The van der Waals surface area contributed by atoms with E-state index < -0.39 is 77.4 Å². The van der Waals surface area contributed by atoms with Gasteiger partial charge in [0.05, 0.1) is 36.0 Å². The lowest BCUT2D eigenvalue weighted by molar-refractivity contribution is -0.247. The monoisotopic (exact) mass is 595 g/mol. The first kappa shape index (κ1) is 28.4. The number of nitrogens with zero attached hydrogens (tertiary/aromatic N) is 1. The van der Waals surface area contributed by atoms with Gasteiger partial charge in [0.25, 0.3) is 0 Å². The molecule has 12 nitrogen and oxygen atoms in total. The van der Waals surface area contributed by atoms with Crippen LogP contribution < -0.4 is 4.74 Å². The lowest BCUT2D eigenvalue weighted by Crippen LogP contribution is -2.51. The summed E-state index contributed by atoms with van der Waals surface area (Å²) in [4.78, 5) is 42.6. The highest BCUT2D eigenvalue weighted by atomic mass is 16.7. The van der Waals surface area contributed by atoms with Crippen molar-refractivity contribution in [3.63, 3.8) is 0 Å². The molecule has 0 saturated carbocycles. The number of rotatable bonds is 5. The first-order valence-corrected chi connectivity index (χ1v) is 14.5. The number of ether oxygens (including phenoxy) is 4. The van der Waals surface area contributed by atoms with Crippen LogP contribution >= 0.6 is 0 Å². The summed E-state index contributed by atoms with van der Waals surface area (Å²) in [6, 6.07) is 4.47. The average Bonchev–Trinajstić information content (AvgIpc) is 3.59. The highest BCUT2D eigenvalue weighted by Gasteiger charge is 2.53. The van der Waals surface area contributed by atoms with Crippen molar-refractivity contribution in [2.45, 2.75) is 81.5 Å². The molecule has 2 aliphatic carbocycles. The number of phenolic OH excluding ortho intramolecular Hbond substituents is 2. The van der Waals surface area contributed by atoms with Crippen LogP contribution in [0.25, 0.3) is 0 Å². The van der Waals surface area contributed by atoms with Crippen LogP contribution in [0.1, 0.15) is 81.7 Å². The van der Waals surface area contributed by atoms with Gasteiger partial charge < -0.3 is 39.4 Å². The molecule has 3 saturated heterocycles. The SMILES string of the molecule is COc1cccc2c1C(=O)c1c(O)c3c(c(O)c1C2=O)C[C@@](O)(C(=O)CO)C[C@@H]3O[C@H]1C[C@H]2[C@H](OC3CCCN32)[C@H](C)O1. The van der Waals surface area contributed by atoms with Crippen molar-refractivity contribution >= 4 is 17.3 Å². The Hall–Kier alpha value is -3.39. The molecule has 228 valence electrons. The first-order chi connectivity index (χ1) is 20.6. The Morgan fingerprint density at radius 1 is 1.12 bits per heavy atom. The smallest absolute Gasteiger partial charge is 0.202 e. The van der Waals surface area contributed by atoms with Gasteiger partial charge in [-0.15, -0.1) is 0 Å². The number of ketones is 3. The fourth-order valence-corrected chi connectivity index (χ4v) is 7.67. The number of hydrogen-bond acceptors (Lipinski definition) is 12. The number of carbonyl (C=O) groups excluding carboxylic acids is 3. The molecule has 0 bridgehead atoms. The summed E-state index contributed by atoms with van der Waals surface area (Å²) in [5.41, 5.74) is -3.24. The maximum absolute atomic E-state index is 13.8. The number of aliphatic hydroxyl groups excluding tert-OH is 1. The van der Waals surface area contributed by atoms with Gasteiger partial charge in [0, 0.05) is 48.5 Å². The first-order valence-electron chi connectivity index (χ1n) is 14.5. The Balaban J connectivity index is 1.33. The van der Waals surface area contributed by atoms with Crippen LogP contribution in [0.5, 0.6) is 17.2 Å². The van der Waals surface area contributed by atoms with Crippen molar-refractivity contribution in [3.05, 3.63) is 51.6 Å². The zero-order chi connectivity index (χ0) is 30.4. The second-order valence-corrected chi connectivity index (χ2v) is 12.0. The fourth-order valence-electron chi connectivity index (χ4n) is 7.67. The third-order valence-corrected chi connectivity index (χ3v) is 9.67. The standard InChI is InChI=1S/C31H33NO11/c1-13-30-16(32-8-4-7-20(32)43-30)9-21(41-13)42-18-11-31(39,19(34)12-33)10-15-23(18)29(38)25-24(27(15)36)26(35)14-5-3-6-17(40-2)22(14)28(25)37/h3,5-6,13,16,18,20-21,30,33,36,38-39H,4,7-12H2,1-2H3/t13-,16-,18-,20?,21-,30+,31-/m0/s1. The second-order valence-electron chi connectivity index (χ2n) is 12.0. The zero-order valence-electron chi connectivity index (χ0n) is 23.7. The summed E-state index contributed by atoms with van der Waals surface area (Å²) in [6.45, 7) is 1.78. The van der Waals surface area contributed by atoms with Crippen LogP contribution in [0.2, 0.25) is 0 Å². The molecule has 3 aliphatic heterocycles. The summed E-state index contributed by atoms with van der Waals surface area (Å²) >= 11 is 0. The third-order valence-electron chi connectivity index (χ3n) is 9.67. The number of hydrogen-bond donors (Lipinski definition) is 4. The predicted octanol–water partition coefficient (Wildman–Crippen LogP) is 1.50. The number of methoxy groups -OCH3 is 1. The van der Waals surface area contributed by atoms with E-state index in [-0.39, 0.29) is 52.5 Å². The van der Waals surface area contributed by atoms with Crippen molar-refractivity contribution in [1.29, 1.82) is 0 Å². The van der Waals surface area contributed by atoms with Crippen LogP contribution in [0.3, 0.4) is 0 Å². The van der Waals surface area contributed by atoms with Gasteiger partial charge in [-0.1, -0.05) is 12.1 Å². The number of phenols is 2. The van der Waals surface area contributed by atoms with E-state index in [1.54, 1.807) is 0 Å². The van der Waals surface area contributed by atoms with Crippen LogP contribution in [-0.4, -0.2) is 99.3 Å². The summed E-state index contributed by atoms with van der Waals surface area (Å²) in [7, 11) is 1.35. The van der Waals surface area contributed by atoms with E-state index in [4.69, 9.17) is 18.9 Å². The third kappa shape index (κ3) is 4.08. The van der Waals surface area contributed by atoms with E-state index in [9.17, 15) is 34.8 Å². The molecule has 4 N–H and O–H groups in total. The van der Waals surface area contributed by atoms with E-state index in [0.29, 0.717) is 6.42 Å². The lowest BCUT2D eigenvalue weighted by Gasteiger charge is -2.42. The molecule has 3 fully saturated rings. The molecule has 0 radical (unpaired) electrons. The minimum Gasteiger partial charge on any atom is -0.507 e. The Kier molecular flexibility index (Phi) is 6.65. The maximum atomic E-state index is 13.8. The van der Waals surface area contributed by atoms with Gasteiger partial charge in [-0.2, -0.15) is 0 Å². The summed E-state index contributed by atoms with van der Waals surface area (Å²) in [5.74, 6) is -3.47. The van der Waals surface area contributed by atoms with Gasteiger partial charge >= 0.3 is 0 Å². The molecule has 2 aromatic rings. The van der Waals surface area contributed by atoms with E-state index in [2.05, 4.69) is 4.90 Å². The van der Waals surface area contributed by atoms with Gasteiger partial charge in [-0.25, -0.2) is 0 Å². The molecule has 0 aromatic heterocycles. The Morgan fingerprint density at radius 3 is 2.63 bits per heavy atom. The van der Waals surface area contributed by atoms with Gasteiger partial charge in [0.1, 0.15) is 41.8 Å². The summed E-state index contributed by atoms with van der Waals surface area (Å²) in [5, 5.41) is 44.3. The van der Waals surface area contributed by atoms with Crippen molar-refractivity contribution in [2.75, 3.05) is 20.3 Å². The van der Waals surface area contributed by atoms with Crippen molar-refractivity contribution in [2.24, 2.45) is 0 Å². The molecule has 7 atom stereocenters. The largest absolute Gasteiger partial charge is 0.507 e. The van der Waals surface area contributed by atoms with E-state index >= 15 is 0 Å². The van der Waals surface area contributed by atoms with Crippen LogP contribution in [0.4, 0.5) is 0 Å². The molecule has 7 rings (SSSR count). The molecular weight excluding hydrogens is 562 g/mol. The van der Waals surface area contributed by atoms with Crippen LogP contribution in [-0.2, 0) is 25.4 Å². The molecule has 43 heavy (non-hydrogen) atoms. The topological polar surface area (TPSA) is 172 Å². The maximum Gasteiger partial charge on any atom is 0.202 e. The molecule has 12 heteroatoms. The highest BCUT2D eigenvalue weighted by Crippen LogP contribution is 2.53. The second kappa shape index (κ2) is 10.1. The minimum absolute atomic E-state index is 0.0102. The van der Waals surface area contributed by atoms with Crippen LogP contribution in [0, 0.1) is 0 Å². The summed E-state index contributed by atoms with van der Waals surface area (Å²) in [6.07, 6.45) is -1.14. The number of fused-ring (bicyclic) bond motifs is 6. The van der Waals surface area contributed by atoms with Gasteiger partial charge in [0.15, 0.2) is 17.9 Å². The van der Waals surface area contributed by atoms with Gasteiger partial charge in [-0.3, -0.25) is 19.3 Å². The number of benzene rings is 2. The van der Waals surface area contributed by atoms with E-state index in [1.807, 2.05) is 6.92 Å². The quantitative estimate of drug-likeness (QED) is 0.314. The van der Waals surface area contributed by atoms with E-state index in [0.717, 1.165) is 19.4 Å². The normalized spacial score (nSPS) is 32.9. The summed E-state index contributed by atoms with van der Waals surface area (Å²) < 4.78 is 24.1. The van der Waals surface area contributed by atoms with Gasteiger partial charge in [-0.05, 0) is 25.8 Å². The Bertz CT molecular complexity index is 1550. The number of Topliss-reactive ketones (excluding diaryl/α,β-unsaturated/α-hetero) is 1. The van der Waals surface area contributed by atoms with Crippen molar-refractivity contribution in [3.8, 4) is 17.2 Å². The average molecular weight is 596 g/mol. The molecular formula is C31H33NO11. The molecule has 1 unspecified atom stereocenters. The molecule has 0 amide bonds. The number of aromatic hydroxyl groups is 2. The molecule has 0 spiro atoms. The highest BCUT2D eigenvalue weighted by molar-refractivity contribution is 6.31. The van der Waals surface area contributed by atoms with Gasteiger partial charge in [0.2, 0.25) is 5.78 Å². The van der Waals surface area contributed by atoms with E-state index in [1.165, 1.54) is 25.3 Å². The predicted molar refractivity (Wildman–Crippen MR) is 146 cm³/mol. The Morgan fingerprint density at radius 2 is 1.88 bits per heavy atom. The number of carbonyl (C=O) groups is 3. The van der Waals surface area contributed by atoms with Crippen molar-refractivity contribution < 1.29 is 53.8 Å². The molecule has 3 heterocycles. The number of aliphatic hydroxyl groups is 2. The fraction of sp³-hybridized carbons (Fsp3) is 0.516. The van der Waals surface area contributed by atoms with Crippen LogP contribution in [0.15, 0.2) is 18.2 Å². The molecule has 5 aliphatic rings. The lowest BCUT2D eigenvalue weighted by atomic mass is 9.72. The minimum atomic E-state index is -2.19. The molecule has 2 aromatic carbocycles.